The lowest BCUT2D eigenvalue weighted by molar-refractivity contribution is -0.153. The molecule has 0 amide bonds. The lowest BCUT2D eigenvalue weighted by atomic mass is 9.92. The van der Waals surface area contributed by atoms with Gasteiger partial charge < -0.3 is 4.74 Å². The zero-order chi connectivity index (χ0) is 15.6. The number of hydrogen-bond donors (Lipinski definition) is 1. The molecule has 1 N–H and O–H groups in total. The molecule has 3 nitrogen and oxygen atoms in total. The molecule has 1 unspecified atom stereocenters. The Bertz CT molecular complexity index is 508. The van der Waals surface area contributed by atoms with Gasteiger partial charge in [-0.1, -0.05) is 29.3 Å². The maximum absolute atomic E-state index is 12.4. The number of carbonyl (C=O) groups excluding carboxylic acids is 1. The maximum atomic E-state index is 12.4. The number of rotatable bonds is 4. The third kappa shape index (κ3) is 4.01. The van der Waals surface area contributed by atoms with Gasteiger partial charge in [0.05, 0.1) is 13.7 Å². The Morgan fingerprint density at radius 3 is 2.40 bits per heavy atom. The van der Waals surface area contributed by atoms with Gasteiger partial charge in [-0.05, 0) is 19.1 Å². The predicted octanol–water partition coefficient (Wildman–Crippen LogP) is 3.53. The maximum Gasteiger partial charge on any atom is 0.401 e. The molecule has 0 aliphatic heterocycles. The number of ether oxygens (including phenoxy) is 1. The van der Waals surface area contributed by atoms with Crippen molar-refractivity contribution >= 4 is 29.2 Å². The minimum Gasteiger partial charge on any atom is -0.467 e. The first-order valence-electron chi connectivity index (χ1n) is 5.46. The number of esters is 1. The van der Waals surface area contributed by atoms with Crippen LogP contribution in [0.25, 0.3) is 0 Å². The zero-order valence-electron chi connectivity index (χ0n) is 10.6. The Labute approximate surface area is 124 Å². The standard InChI is InChI=1S/C12H12Cl2F3NO2/c1-11(10(19)20-2,18-6-12(15,16)17)8-4-3-7(13)5-9(8)14/h3-5,18H,6H2,1-2H3. The highest BCUT2D eigenvalue weighted by Crippen LogP contribution is 2.32. The van der Waals surface area contributed by atoms with Gasteiger partial charge in [0, 0.05) is 15.6 Å². The van der Waals surface area contributed by atoms with E-state index in [1.807, 2.05) is 0 Å². The molecule has 0 spiro atoms. The molecule has 20 heavy (non-hydrogen) atoms. The summed E-state index contributed by atoms with van der Waals surface area (Å²) in [4.78, 5) is 11.8. The molecule has 1 rings (SSSR count). The van der Waals surface area contributed by atoms with Crippen LogP contribution >= 0.6 is 23.2 Å². The van der Waals surface area contributed by atoms with Crippen molar-refractivity contribution in [1.82, 2.24) is 5.32 Å². The summed E-state index contributed by atoms with van der Waals surface area (Å²) in [6, 6.07) is 4.15. The van der Waals surface area contributed by atoms with E-state index in [0.717, 1.165) is 7.11 Å². The Hall–Kier alpha value is -0.980. The summed E-state index contributed by atoms with van der Waals surface area (Å²) in [6.45, 7) is -0.1000. The SMILES string of the molecule is COC(=O)C(C)(NCC(F)(F)F)c1ccc(Cl)cc1Cl. The molecule has 0 aromatic heterocycles. The van der Waals surface area contributed by atoms with E-state index in [0.29, 0.717) is 5.02 Å². The molecule has 0 saturated heterocycles. The van der Waals surface area contributed by atoms with Gasteiger partial charge in [-0.2, -0.15) is 13.2 Å². The monoisotopic (exact) mass is 329 g/mol. The van der Waals surface area contributed by atoms with Crippen LogP contribution in [0.15, 0.2) is 18.2 Å². The smallest absolute Gasteiger partial charge is 0.401 e. The zero-order valence-corrected chi connectivity index (χ0v) is 12.2. The van der Waals surface area contributed by atoms with Crippen molar-refractivity contribution in [3.05, 3.63) is 33.8 Å². The van der Waals surface area contributed by atoms with E-state index in [9.17, 15) is 18.0 Å². The summed E-state index contributed by atoms with van der Waals surface area (Å²) in [7, 11) is 1.08. The van der Waals surface area contributed by atoms with E-state index >= 15 is 0 Å². The molecule has 8 heteroatoms. The fourth-order valence-electron chi connectivity index (χ4n) is 1.65. The quantitative estimate of drug-likeness (QED) is 0.859. The summed E-state index contributed by atoms with van der Waals surface area (Å²) in [5.41, 5.74) is -1.58. The fraction of sp³-hybridized carbons (Fsp3) is 0.417. The normalized spacial score (nSPS) is 14.8. The molecular weight excluding hydrogens is 318 g/mol. The highest BCUT2D eigenvalue weighted by Gasteiger charge is 2.41. The number of alkyl halides is 3. The largest absolute Gasteiger partial charge is 0.467 e. The molecule has 0 radical (unpaired) electrons. The van der Waals surface area contributed by atoms with Crippen molar-refractivity contribution in [2.75, 3.05) is 13.7 Å². The van der Waals surface area contributed by atoms with E-state index < -0.39 is 24.2 Å². The number of hydrogen-bond acceptors (Lipinski definition) is 3. The molecule has 0 aliphatic rings. The average molecular weight is 330 g/mol. The third-order valence-electron chi connectivity index (χ3n) is 2.71. The van der Waals surface area contributed by atoms with E-state index in [1.165, 1.54) is 25.1 Å². The second kappa shape index (κ2) is 6.20. The van der Waals surface area contributed by atoms with Crippen molar-refractivity contribution in [2.24, 2.45) is 0 Å². The molecular formula is C12H12Cl2F3NO2. The topological polar surface area (TPSA) is 38.3 Å². The number of halogens is 5. The van der Waals surface area contributed by atoms with Crippen LogP contribution in [0.1, 0.15) is 12.5 Å². The van der Waals surface area contributed by atoms with Crippen molar-refractivity contribution < 1.29 is 22.7 Å². The molecule has 1 atom stereocenters. The van der Waals surface area contributed by atoms with Crippen LogP contribution in [-0.2, 0) is 15.1 Å². The third-order valence-corrected chi connectivity index (χ3v) is 3.25. The van der Waals surface area contributed by atoms with E-state index in [4.69, 9.17) is 23.2 Å². The Kier molecular flexibility index (Phi) is 5.29. The average Bonchev–Trinajstić information content (AvgIpc) is 2.34. The second-order valence-corrected chi connectivity index (χ2v) is 5.05. The first-order chi connectivity index (χ1) is 9.10. The molecule has 0 heterocycles. The first kappa shape index (κ1) is 17.1. The highest BCUT2D eigenvalue weighted by molar-refractivity contribution is 6.35. The van der Waals surface area contributed by atoms with Crippen LogP contribution in [0.2, 0.25) is 10.0 Å². The van der Waals surface area contributed by atoms with Gasteiger partial charge in [0.2, 0.25) is 0 Å². The van der Waals surface area contributed by atoms with Crippen LogP contribution in [0, 0.1) is 0 Å². The lowest BCUT2D eigenvalue weighted by Gasteiger charge is -2.30. The van der Waals surface area contributed by atoms with Crippen LogP contribution in [-0.4, -0.2) is 25.8 Å². The molecule has 1 aromatic rings. The van der Waals surface area contributed by atoms with Crippen LogP contribution in [0.4, 0.5) is 13.2 Å². The van der Waals surface area contributed by atoms with Crippen LogP contribution in [0.5, 0.6) is 0 Å². The molecule has 0 saturated carbocycles. The van der Waals surface area contributed by atoms with Gasteiger partial charge in [-0.3, -0.25) is 5.32 Å². The summed E-state index contributed by atoms with van der Waals surface area (Å²) in [5.74, 6) is -0.883. The molecule has 0 bridgehead atoms. The highest BCUT2D eigenvalue weighted by atomic mass is 35.5. The van der Waals surface area contributed by atoms with Gasteiger partial charge in [0.1, 0.15) is 5.54 Å². The van der Waals surface area contributed by atoms with E-state index in [-0.39, 0.29) is 10.6 Å². The Balaban J connectivity index is 3.20. The minimum absolute atomic E-state index is 0.0695. The van der Waals surface area contributed by atoms with Crippen molar-refractivity contribution in [1.29, 1.82) is 0 Å². The second-order valence-electron chi connectivity index (χ2n) is 4.21. The van der Waals surface area contributed by atoms with Gasteiger partial charge in [-0.15, -0.1) is 0 Å². The van der Waals surface area contributed by atoms with Gasteiger partial charge in [0.15, 0.2) is 0 Å². The molecule has 0 aliphatic carbocycles. The Morgan fingerprint density at radius 1 is 1.35 bits per heavy atom. The summed E-state index contributed by atoms with van der Waals surface area (Å²) >= 11 is 11.7. The van der Waals surface area contributed by atoms with E-state index in [2.05, 4.69) is 10.1 Å². The van der Waals surface area contributed by atoms with Crippen LogP contribution in [0.3, 0.4) is 0 Å². The molecule has 1 aromatic carbocycles. The lowest BCUT2D eigenvalue weighted by Crippen LogP contribution is -2.50. The molecule has 112 valence electrons. The predicted molar refractivity (Wildman–Crippen MR) is 69.9 cm³/mol. The fourth-order valence-corrected chi connectivity index (χ4v) is 2.25. The van der Waals surface area contributed by atoms with Crippen molar-refractivity contribution in [3.63, 3.8) is 0 Å². The number of benzene rings is 1. The minimum atomic E-state index is -4.48. The van der Waals surface area contributed by atoms with Crippen molar-refractivity contribution in [2.45, 2.75) is 18.6 Å². The van der Waals surface area contributed by atoms with Gasteiger partial charge in [0.25, 0.3) is 0 Å². The summed E-state index contributed by atoms with van der Waals surface area (Å²) in [6.07, 6.45) is -4.48. The number of nitrogens with one attached hydrogen (secondary N) is 1. The van der Waals surface area contributed by atoms with Crippen molar-refractivity contribution in [3.8, 4) is 0 Å². The van der Waals surface area contributed by atoms with Crippen LogP contribution < -0.4 is 5.32 Å². The van der Waals surface area contributed by atoms with E-state index in [1.54, 1.807) is 0 Å². The van der Waals surface area contributed by atoms with Gasteiger partial charge in [-0.25, -0.2) is 4.79 Å². The first-order valence-corrected chi connectivity index (χ1v) is 6.21. The molecule has 0 fully saturated rings. The number of methoxy groups -OCH3 is 1. The Morgan fingerprint density at radius 2 is 1.95 bits per heavy atom. The number of carbonyl (C=O) groups is 1. The summed E-state index contributed by atoms with van der Waals surface area (Å²) in [5, 5.41) is 2.51. The summed E-state index contributed by atoms with van der Waals surface area (Å²) < 4.78 is 41.7. The van der Waals surface area contributed by atoms with Gasteiger partial charge >= 0.3 is 12.1 Å².